The quantitative estimate of drug-likeness (QED) is 0.627. The van der Waals surface area contributed by atoms with Gasteiger partial charge >= 0.3 is 0 Å². The smallest absolute Gasteiger partial charge is 0.0345 e. The molecule has 0 amide bonds. The molecule has 0 aromatic carbocycles. The summed E-state index contributed by atoms with van der Waals surface area (Å²) in [6.07, 6.45) is 1.40. The summed E-state index contributed by atoms with van der Waals surface area (Å²) in [5.41, 5.74) is 0. The third kappa shape index (κ3) is 1.50. The van der Waals surface area contributed by atoms with Gasteiger partial charge in [-0.15, -0.1) is 0 Å². The summed E-state index contributed by atoms with van der Waals surface area (Å²) in [7, 11) is 0. The lowest BCUT2D eigenvalue weighted by Gasteiger charge is -2.44. The van der Waals surface area contributed by atoms with Gasteiger partial charge in [0.1, 0.15) is 0 Å². The molecule has 2 heterocycles. The highest BCUT2D eigenvalue weighted by Crippen LogP contribution is 2.24. The van der Waals surface area contributed by atoms with E-state index in [2.05, 4.69) is 24.1 Å². The second-order valence-corrected chi connectivity index (χ2v) is 4.55. The van der Waals surface area contributed by atoms with Gasteiger partial charge < -0.3 is 5.32 Å². The maximum absolute atomic E-state index is 3.34. The average Bonchev–Trinajstić information content (AvgIpc) is 1.93. The molecule has 2 unspecified atom stereocenters. The van der Waals surface area contributed by atoms with Gasteiger partial charge in [-0.05, 0) is 24.8 Å². The predicted molar refractivity (Wildman–Crippen MR) is 51.2 cm³/mol. The van der Waals surface area contributed by atoms with E-state index in [4.69, 9.17) is 0 Å². The molecule has 0 aromatic heterocycles. The lowest BCUT2D eigenvalue weighted by atomic mass is 9.87. The van der Waals surface area contributed by atoms with E-state index in [1.54, 1.807) is 0 Å². The summed E-state index contributed by atoms with van der Waals surface area (Å²) in [5.74, 6) is 1.84. The van der Waals surface area contributed by atoms with Crippen LogP contribution >= 0.6 is 0 Å². The molecule has 0 radical (unpaired) electrons. The number of rotatable bonds is 1. The van der Waals surface area contributed by atoms with Crippen molar-refractivity contribution in [3.63, 3.8) is 0 Å². The van der Waals surface area contributed by atoms with Gasteiger partial charge in [-0.25, -0.2) is 0 Å². The molecule has 1 N–H and O–H groups in total. The fraction of sp³-hybridized carbons (Fsp3) is 1.00. The van der Waals surface area contributed by atoms with Crippen LogP contribution in [0, 0.1) is 11.8 Å². The second-order valence-electron chi connectivity index (χ2n) is 4.55. The number of nitrogens with zero attached hydrogens (tertiary/aromatic N) is 1. The summed E-state index contributed by atoms with van der Waals surface area (Å²) < 4.78 is 0. The van der Waals surface area contributed by atoms with Crippen molar-refractivity contribution in [3.05, 3.63) is 0 Å². The molecule has 2 fully saturated rings. The number of nitrogens with one attached hydrogen (secondary N) is 1. The number of likely N-dealkylation sites (tertiary alicyclic amines) is 1. The Bertz CT molecular complexity index is 154. The van der Waals surface area contributed by atoms with Crippen molar-refractivity contribution >= 4 is 0 Å². The van der Waals surface area contributed by atoms with Gasteiger partial charge in [-0.3, -0.25) is 4.90 Å². The Balaban J connectivity index is 1.84. The van der Waals surface area contributed by atoms with Crippen molar-refractivity contribution in [2.45, 2.75) is 26.3 Å². The number of piperidine rings is 1. The van der Waals surface area contributed by atoms with Crippen LogP contribution in [0.1, 0.15) is 20.3 Å². The SMILES string of the molecule is CC1CCN(C2CNC2)CC1C. The van der Waals surface area contributed by atoms with E-state index in [0.717, 1.165) is 17.9 Å². The van der Waals surface area contributed by atoms with Gasteiger partial charge in [0.05, 0.1) is 0 Å². The van der Waals surface area contributed by atoms with Gasteiger partial charge in [0.2, 0.25) is 0 Å². The van der Waals surface area contributed by atoms with Crippen LogP contribution < -0.4 is 5.32 Å². The number of hydrogen-bond acceptors (Lipinski definition) is 2. The Hall–Kier alpha value is -0.0800. The van der Waals surface area contributed by atoms with E-state index in [-0.39, 0.29) is 0 Å². The molecule has 0 aromatic rings. The topological polar surface area (TPSA) is 15.3 Å². The third-order valence-electron chi connectivity index (χ3n) is 3.64. The first-order valence-electron chi connectivity index (χ1n) is 5.22. The minimum Gasteiger partial charge on any atom is -0.314 e. The zero-order valence-corrected chi connectivity index (χ0v) is 8.21. The van der Waals surface area contributed by atoms with Crippen LogP contribution in [0.2, 0.25) is 0 Å². The molecular formula is C10H20N2. The fourth-order valence-electron chi connectivity index (χ4n) is 2.16. The van der Waals surface area contributed by atoms with E-state index in [9.17, 15) is 0 Å². The Labute approximate surface area is 75.3 Å². The van der Waals surface area contributed by atoms with Crippen molar-refractivity contribution in [1.29, 1.82) is 0 Å². The van der Waals surface area contributed by atoms with Gasteiger partial charge in [-0.1, -0.05) is 13.8 Å². The molecule has 0 bridgehead atoms. The highest BCUT2D eigenvalue weighted by Gasteiger charge is 2.30. The monoisotopic (exact) mass is 168 g/mol. The zero-order chi connectivity index (χ0) is 8.55. The van der Waals surface area contributed by atoms with Crippen LogP contribution in [0.15, 0.2) is 0 Å². The maximum atomic E-state index is 3.34. The minimum absolute atomic E-state index is 0.861. The minimum atomic E-state index is 0.861. The molecule has 2 rings (SSSR count). The molecule has 2 aliphatic rings. The fourth-order valence-corrected chi connectivity index (χ4v) is 2.16. The van der Waals surface area contributed by atoms with Crippen LogP contribution in [0.3, 0.4) is 0 Å². The summed E-state index contributed by atoms with van der Waals surface area (Å²) in [4.78, 5) is 2.67. The van der Waals surface area contributed by atoms with Crippen LogP contribution in [-0.2, 0) is 0 Å². The number of hydrogen-bond donors (Lipinski definition) is 1. The normalized spacial score (nSPS) is 39.5. The van der Waals surface area contributed by atoms with Crippen molar-refractivity contribution in [2.75, 3.05) is 26.2 Å². The Kier molecular flexibility index (Phi) is 2.37. The average molecular weight is 168 g/mol. The zero-order valence-electron chi connectivity index (χ0n) is 8.21. The van der Waals surface area contributed by atoms with Gasteiger partial charge in [0.25, 0.3) is 0 Å². The van der Waals surface area contributed by atoms with E-state index >= 15 is 0 Å². The van der Waals surface area contributed by atoms with E-state index in [0.29, 0.717) is 0 Å². The van der Waals surface area contributed by atoms with Gasteiger partial charge in [0, 0.05) is 25.7 Å². The predicted octanol–water partition coefficient (Wildman–Crippen LogP) is 0.936. The first-order valence-corrected chi connectivity index (χ1v) is 5.22. The van der Waals surface area contributed by atoms with Crippen LogP contribution in [0.4, 0.5) is 0 Å². The highest BCUT2D eigenvalue weighted by molar-refractivity contribution is 4.88. The molecule has 2 aliphatic heterocycles. The molecule has 0 saturated carbocycles. The lowest BCUT2D eigenvalue weighted by Crippen LogP contribution is -2.59. The van der Waals surface area contributed by atoms with Crippen LogP contribution in [0.25, 0.3) is 0 Å². The first-order chi connectivity index (χ1) is 5.77. The summed E-state index contributed by atoms with van der Waals surface area (Å²) in [6, 6.07) is 0.861. The molecule has 2 nitrogen and oxygen atoms in total. The van der Waals surface area contributed by atoms with E-state index < -0.39 is 0 Å². The molecule has 2 saturated heterocycles. The molecule has 12 heavy (non-hydrogen) atoms. The molecule has 70 valence electrons. The highest BCUT2D eigenvalue weighted by atomic mass is 15.2. The van der Waals surface area contributed by atoms with Gasteiger partial charge in [-0.2, -0.15) is 0 Å². The van der Waals surface area contributed by atoms with Crippen LogP contribution in [0.5, 0.6) is 0 Å². The van der Waals surface area contributed by atoms with Crippen molar-refractivity contribution in [1.82, 2.24) is 10.2 Å². The van der Waals surface area contributed by atoms with E-state index in [1.165, 1.54) is 32.6 Å². The van der Waals surface area contributed by atoms with E-state index in [1.807, 2.05) is 0 Å². The molecule has 0 spiro atoms. The Morgan fingerprint density at radius 2 is 1.92 bits per heavy atom. The summed E-state index contributed by atoms with van der Waals surface area (Å²) in [5, 5.41) is 3.34. The molecule has 2 atom stereocenters. The van der Waals surface area contributed by atoms with Gasteiger partial charge in [0.15, 0.2) is 0 Å². The molecular weight excluding hydrogens is 148 g/mol. The third-order valence-corrected chi connectivity index (χ3v) is 3.64. The standard InChI is InChI=1S/C10H20N2/c1-8-3-4-12(7-9(8)2)10-5-11-6-10/h8-11H,3-7H2,1-2H3. The molecule has 0 aliphatic carbocycles. The van der Waals surface area contributed by atoms with Crippen molar-refractivity contribution < 1.29 is 0 Å². The lowest BCUT2D eigenvalue weighted by molar-refractivity contribution is 0.0700. The van der Waals surface area contributed by atoms with Crippen LogP contribution in [-0.4, -0.2) is 37.1 Å². The summed E-state index contributed by atoms with van der Waals surface area (Å²) in [6.45, 7) is 9.89. The maximum Gasteiger partial charge on any atom is 0.0345 e. The first kappa shape index (κ1) is 8.52. The summed E-state index contributed by atoms with van der Waals surface area (Å²) >= 11 is 0. The Morgan fingerprint density at radius 1 is 1.17 bits per heavy atom. The Morgan fingerprint density at radius 3 is 2.42 bits per heavy atom. The van der Waals surface area contributed by atoms with Crippen molar-refractivity contribution in [3.8, 4) is 0 Å². The second kappa shape index (κ2) is 3.35. The largest absolute Gasteiger partial charge is 0.314 e. The molecule has 2 heteroatoms. The van der Waals surface area contributed by atoms with Crippen molar-refractivity contribution in [2.24, 2.45) is 11.8 Å².